The maximum absolute atomic E-state index is 5.24. The van der Waals surface area contributed by atoms with Gasteiger partial charge >= 0.3 is 123 Å². The molecule has 106 valence electrons. The SMILES string of the molecule is S[PH]1(CCN2CCCCC2)CCCc2ccccc21. The summed E-state index contributed by atoms with van der Waals surface area (Å²) >= 11 is 5.24. The molecule has 0 radical (unpaired) electrons. The Morgan fingerprint density at radius 2 is 1.84 bits per heavy atom. The zero-order valence-electron chi connectivity index (χ0n) is 11.8. The van der Waals surface area contributed by atoms with Crippen molar-refractivity contribution >= 4 is 24.0 Å². The Kier molecular flexibility index (Phi) is 4.51. The van der Waals surface area contributed by atoms with E-state index in [1.807, 2.05) is 0 Å². The topological polar surface area (TPSA) is 3.24 Å². The summed E-state index contributed by atoms with van der Waals surface area (Å²) < 4.78 is 0. The van der Waals surface area contributed by atoms with E-state index in [-0.39, 0.29) is 0 Å². The van der Waals surface area contributed by atoms with Gasteiger partial charge in [0.1, 0.15) is 0 Å². The standard InChI is InChI=1S/C16H26NPS/c19-18(14-12-17-10-4-1-5-11-17)13-6-8-15-7-2-3-9-16(15)18/h2-3,7,9,18-19H,1,4-6,8,10-14H2. The molecule has 0 aliphatic carbocycles. The van der Waals surface area contributed by atoms with Gasteiger partial charge in [0.2, 0.25) is 0 Å². The van der Waals surface area contributed by atoms with Gasteiger partial charge in [-0.15, -0.1) is 0 Å². The van der Waals surface area contributed by atoms with E-state index in [9.17, 15) is 0 Å². The average molecular weight is 295 g/mol. The first kappa shape index (κ1) is 13.9. The second-order valence-electron chi connectivity index (χ2n) is 6.19. The van der Waals surface area contributed by atoms with Crippen molar-refractivity contribution in [1.82, 2.24) is 4.90 Å². The molecule has 2 aliphatic heterocycles. The second-order valence-corrected chi connectivity index (χ2v) is 12.4. The van der Waals surface area contributed by atoms with Crippen molar-refractivity contribution in [2.24, 2.45) is 0 Å². The molecule has 0 unspecified atom stereocenters. The molecule has 3 heteroatoms. The van der Waals surface area contributed by atoms with E-state index in [0.717, 1.165) is 0 Å². The third-order valence-corrected chi connectivity index (χ3v) is 10.6. The molecule has 3 rings (SSSR count). The van der Waals surface area contributed by atoms with Crippen molar-refractivity contribution in [2.75, 3.05) is 32.0 Å². The number of benzene rings is 1. The average Bonchev–Trinajstić information content (AvgIpc) is 2.47. The van der Waals surface area contributed by atoms with Gasteiger partial charge < -0.3 is 0 Å². The molecule has 0 spiro atoms. The van der Waals surface area contributed by atoms with Crippen molar-refractivity contribution in [3.63, 3.8) is 0 Å². The number of aryl methyl sites for hydroxylation is 1. The molecule has 0 atom stereocenters. The Labute approximate surface area is 123 Å². The van der Waals surface area contributed by atoms with Gasteiger partial charge in [-0.2, -0.15) is 0 Å². The number of fused-ring (bicyclic) bond motifs is 1. The molecule has 1 aromatic carbocycles. The van der Waals surface area contributed by atoms with Crippen LogP contribution in [0.3, 0.4) is 0 Å². The molecule has 1 saturated heterocycles. The van der Waals surface area contributed by atoms with Crippen LogP contribution in [0.2, 0.25) is 0 Å². The van der Waals surface area contributed by atoms with Gasteiger partial charge in [0.25, 0.3) is 0 Å². The predicted molar refractivity (Wildman–Crippen MR) is 91.7 cm³/mol. The van der Waals surface area contributed by atoms with Crippen LogP contribution in [0.15, 0.2) is 24.3 Å². The molecule has 2 heterocycles. The first-order chi connectivity index (χ1) is 9.28. The fourth-order valence-electron chi connectivity index (χ4n) is 3.68. The monoisotopic (exact) mass is 295 g/mol. The Morgan fingerprint density at radius 1 is 1.05 bits per heavy atom. The number of thiol groups is 1. The molecule has 0 aromatic heterocycles. The summed E-state index contributed by atoms with van der Waals surface area (Å²) in [6.07, 6.45) is 9.58. The van der Waals surface area contributed by atoms with Crippen LogP contribution in [-0.4, -0.2) is 36.9 Å². The molecule has 0 amide bonds. The van der Waals surface area contributed by atoms with E-state index in [2.05, 4.69) is 29.2 Å². The Balaban J connectivity index is 1.69. The van der Waals surface area contributed by atoms with Crippen molar-refractivity contribution in [2.45, 2.75) is 32.1 Å². The summed E-state index contributed by atoms with van der Waals surface area (Å²) in [5.41, 5.74) is 1.59. The number of hydrogen-bond donors (Lipinski definition) is 1. The Hall–Kier alpha value is -0.0400. The first-order valence-corrected chi connectivity index (χ1v) is 11.5. The van der Waals surface area contributed by atoms with Crippen LogP contribution in [0.25, 0.3) is 0 Å². The number of likely N-dealkylation sites (tertiary alicyclic amines) is 1. The maximum atomic E-state index is 5.24. The molecule has 1 aromatic rings. The fraction of sp³-hybridized carbons (Fsp3) is 0.625. The van der Waals surface area contributed by atoms with E-state index < -0.39 is 6.46 Å². The minimum absolute atomic E-state index is 1.27. The predicted octanol–water partition coefficient (Wildman–Crippen LogP) is 3.34. The molecule has 0 bridgehead atoms. The zero-order chi connectivity index (χ0) is 13.1. The van der Waals surface area contributed by atoms with Crippen LogP contribution >= 0.6 is 18.7 Å². The molecule has 1 fully saturated rings. The van der Waals surface area contributed by atoms with Crippen molar-refractivity contribution in [1.29, 1.82) is 0 Å². The number of hydrogen-bond acceptors (Lipinski definition) is 2. The van der Waals surface area contributed by atoms with E-state index in [1.165, 1.54) is 64.1 Å². The van der Waals surface area contributed by atoms with Crippen molar-refractivity contribution < 1.29 is 0 Å². The van der Waals surface area contributed by atoms with Crippen LogP contribution in [-0.2, 0) is 6.42 Å². The quantitative estimate of drug-likeness (QED) is 0.661. The van der Waals surface area contributed by atoms with E-state index in [1.54, 1.807) is 10.9 Å². The van der Waals surface area contributed by atoms with E-state index in [4.69, 9.17) is 12.2 Å². The molecule has 0 N–H and O–H groups in total. The molecule has 0 saturated carbocycles. The van der Waals surface area contributed by atoms with Gasteiger partial charge in [-0.3, -0.25) is 0 Å². The van der Waals surface area contributed by atoms with Crippen molar-refractivity contribution in [3.8, 4) is 0 Å². The molecule has 2 aliphatic rings. The zero-order valence-corrected chi connectivity index (χ0v) is 13.7. The summed E-state index contributed by atoms with van der Waals surface area (Å²) in [5.74, 6) is 0. The van der Waals surface area contributed by atoms with Crippen LogP contribution in [0.5, 0.6) is 0 Å². The normalized spacial score (nSPS) is 24.7. The van der Waals surface area contributed by atoms with Crippen LogP contribution in [0, 0.1) is 0 Å². The van der Waals surface area contributed by atoms with Crippen LogP contribution < -0.4 is 5.30 Å². The summed E-state index contributed by atoms with van der Waals surface area (Å²) in [7, 11) is 0. The van der Waals surface area contributed by atoms with Crippen molar-refractivity contribution in [3.05, 3.63) is 29.8 Å². The Bertz CT molecular complexity index is 431. The summed E-state index contributed by atoms with van der Waals surface area (Å²) in [6, 6.07) is 9.09. The van der Waals surface area contributed by atoms with Gasteiger partial charge in [0.05, 0.1) is 0 Å². The van der Waals surface area contributed by atoms with Gasteiger partial charge in [-0.1, -0.05) is 0 Å². The minimum atomic E-state index is -1.49. The third kappa shape index (κ3) is 3.17. The van der Waals surface area contributed by atoms with E-state index >= 15 is 0 Å². The van der Waals surface area contributed by atoms with Gasteiger partial charge in [-0.05, 0) is 0 Å². The number of rotatable bonds is 3. The Morgan fingerprint density at radius 3 is 2.68 bits per heavy atom. The number of piperidine rings is 1. The molecule has 19 heavy (non-hydrogen) atoms. The van der Waals surface area contributed by atoms with Gasteiger partial charge in [-0.25, -0.2) is 0 Å². The summed E-state index contributed by atoms with van der Waals surface area (Å²) in [5, 5.41) is 1.64. The molecule has 1 nitrogen and oxygen atoms in total. The van der Waals surface area contributed by atoms with Gasteiger partial charge in [0, 0.05) is 0 Å². The van der Waals surface area contributed by atoms with Crippen LogP contribution in [0.4, 0.5) is 0 Å². The van der Waals surface area contributed by atoms with E-state index in [0.29, 0.717) is 0 Å². The van der Waals surface area contributed by atoms with Gasteiger partial charge in [0.15, 0.2) is 0 Å². The second kappa shape index (κ2) is 6.16. The summed E-state index contributed by atoms with van der Waals surface area (Å²) in [6.45, 7) is 2.43. The number of nitrogens with zero attached hydrogens (tertiary/aromatic N) is 1. The first-order valence-electron chi connectivity index (χ1n) is 7.81. The molecular formula is C16H26NPS. The third-order valence-electron chi connectivity index (χ3n) is 4.85. The summed E-state index contributed by atoms with van der Waals surface area (Å²) in [4.78, 5) is 2.67. The molecular weight excluding hydrogens is 269 g/mol. The fourth-order valence-corrected chi connectivity index (χ4v) is 8.56. The van der Waals surface area contributed by atoms with Crippen LogP contribution in [0.1, 0.15) is 31.2 Å².